The molecule has 8 heteroatoms. The van der Waals surface area contributed by atoms with Crippen molar-refractivity contribution in [3.8, 4) is 16.9 Å². The molecule has 0 saturated heterocycles. The van der Waals surface area contributed by atoms with Gasteiger partial charge in [-0.2, -0.15) is 0 Å². The monoisotopic (exact) mass is 303 g/mol. The molecular weight excluding hydrogens is 293 g/mol. The van der Waals surface area contributed by atoms with Crippen LogP contribution in [-0.2, 0) is 0 Å². The molecule has 112 valence electrons. The largest absolute Gasteiger partial charge is 0.502 e. The molecule has 0 radical (unpaired) electrons. The van der Waals surface area contributed by atoms with Crippen molar-refractivity contribution < 1.29 is 18.9 Å². The maximum absolute atomic E-state index is 14.4. The number of aromatic hydroxyl groups is 1. The molecule has 0 amide bonds. The molecule has 0 aliphatic heterocycles. The SMILES string of the molecule is Cc1noc(C)c1-c1cc2ncc([N+](=O)[O-])c(O)c2cc1F. The zero-order valence-corrected chi connectivity index (χ0v) is 11.6. The van der Waals surface area contributed by atoms with Crippen LogP contribution in [0.15, 0.2) is 22.9 Å². The Morgan fingerprint density at radius 2 is 2.09 bits per heavy atom. The van der Waals surface area contributed by atoms with Crippen LogP contribution in [0.4, 0.5) is 10.1 Å². The maximum Gasteiger partial charge on any atom is 0.329 e. The van der Waals surface area contributed by atoms with Crippen LogP contribution >= 0.6 is 0 Å². The fourth-order valence-corrected chi connectivity index (χ4v) is 2.38. The highest BCUT2D eigenvalue weighted by Gasteiger charge is 2.21. The summed E-state index contributed by atoms with van der Waals surface area (Å²) in [5.41, 5.74) is 0.891. The number of nitro groups is 1. The van der Waals surface area contributed by atoms with Gasteiger partial charge in [0.15, 0.2) is 0 Å². The zero-order chi connectivity index (χ0) is 16.0. The smallest absolute Gasteiger partial charge is 0.329 e. The topological polar surface area (TPSA) is 102 Å². The Labute approximate surface area is 123 Å². The molecule has 0 fully saturated rings. The van der Waals surface area contributed by atoms with E-state index in [1.165, 1.54) is 6.07 Å². The van der Waals surface area contributed by atoms with E-state index in [9.17, 15) is 19.6 Å². The van der Waals surface area contributed by atoms with E-state index in [2.05, 4.69) is 10.1 Å². The Bertz CT molecular complexity index is 901. The van der Waals surface area contributed by atoms with Gasteiger partial charge in [0.05, 0.1) is 27.1 Å². The molecule has 3 rings (SSSR count). The minimum atomic E-state index is -0.776. The number of aryl methyl sites for hydroxylation is 2. The lowest BCUT2D eigenvalue weighted by Gasteiger charge is -2.06. The predicted molar refractivity (Wildman–Crippen MR) is 75.0 cm³/mol. The van der Waals surface area contributed by atoms with Crippen molar-refractivity contribution in [1.29, 1.82) is 0 Å². The first-order chi connectivity index (χ1) is 10.4. The van der Waals surface area contributed by atoms with Crippen LogP contribution in [0.1, 0.15) is 11.5 Å². The molecular formula is C14H10FN3O4. The van der Waals surface area contributed by atoms with Crippen molar-refractivity contribution in [3.05, 3.63) is 45.7 Å². The molecule has 2 aromatic heterocycles. The third-order valence-corrected chi connectivity index (χ3v) is 3.41. The summed E-state index contributed by atoms with van der Waals surface area (Å²) in [5, 5.41) is 24.4. The van der Waals surface area contributed by atoms with Crippen molar-refractivity contribution in [2.24, 2.45) is 0 Å². The van der Waals surface area contributed by atoms with Crippen LogP contribution in [0, 0.1) is 29.8 Å². The highest BCUT2D eigenvalue weighted by Crippen LogP contribution is 2.37. The van der Waals surface area contributed by atoms with E-state index in [0.29, 0.717) is 17.0 Å². The van der Waals surface area contributed by atoms with Crippen LogP contribution in [0.5, 0.6) is 5.75 Å². The average Bonchev–Trinajstić information content (AvgIpc) is 2.78. The van der Waals surface area contributed by atoms with Gasteiger partial charge in [-0.3, -0.25) is 10.1 Å². The van der Waals surface area contributed by atoms with Crippen molar-refractivity contribution in [2.45, 2.75) is 13.8 Å². The summed E-state index contributed by atoms with van der Waals surface area (Å²) < 4.78 is 19.4. The number of rotatable bonds is 2. The Kier molecular flexibility index (Phi) is 3.01. The molecule has 0 atom stereocenters. The Balaban J connectivity index is 2.31. The third kappa shape index (κ3) is 1.96. The summed E-state index contributed by atoms with van der Waals surface area (Å²) in [5.74, 6) is -0.819. The van der Waals surface area contributed by atoms with Gasteiger partial charge in [-0.25, -0.2) is 9.37 Å². The van der Waals surface area contributed by atoms with Crippen molar-refractivity contribution >= 4 is 16.6 Å². The van der Waals surface area contributed by atoms with Gasteiger partial charge in [0.2, 0.25) is 5.75 Å². The molecule has 0 aliphatic carbocycles. The van der Waals surface area contributed by atoms with E-state index < -0.39 is 22.2 Å². The Hall–Kier alpha value is -3.03. The van der Waals surface area contributed by atoms with Crippen LogP contribution in [0.25, 0.3) is 22.0 Å². The first kappa shape index (κ1) is 13.9. The Morgan fingerprint density at radius 1 is 1.36 bits per heavy atom. The average molecular weight is 303 g/mol. The van der Waals surface area contributed by atoms with Crippen molar-refractivity contribution in [3.63, 3.8) is 0 Å². The van der Waals surface area contributed by atoms with Gasteiger partial charge in [-0.15, -0.1) is 0 Å². The summed E-state index contributed by atoms with van der Waals surface area (Å²) in [6.07, 6.45) is 0.937. The van der Waals surface area contributed by atoms with E-state index >= 15 is 0 Å². The zero-order valence-electron chi connectivity index (χ0n) is 11.6. The minimum absolute atomic E-state index is 0.0257. The summed E-state index contributed by atoms with van der Waals surface area (Å²) in [4.78, 5) is 13.9. The lowest BCUT2D eigenvalue weighted by molar-refractivity contribution is -0.386. The number of hydrogen-bond donors (Lipinski definition) is 1. The van der Waals surface area contributed by atoms with Crippen LogP contribution in [-0.4, -0.2) is 20.2 Å². The van der Waals surface area contributed by atoms with Crippen LogP contribution in [0.2, 0.25) is 0 Å². The third-order valence-electron chi connectivity index (χ3n) is 3.41. The molecule has 3 aromatic rings. The summed E-state index contributed by atoms with van der Waals surface area (Å²) in [7, 11) is 0. The van der Waals surface area contributed by atoms with E-state index in [0.717, 1.165) is 12.3 Å². The Morgan fingerprint density at radius 3 is 2.68 bits per heavy atom. The normalized spacial score (nSPS) is 11.0. The van der Waals surface area contributed by atoms with Gasteiger partial charge in [-0.05, 0) is 26.0 Å². The summed E-state index contributed by atoms with van der Waals surface area (Å²) in [6.45, 7) is 3.33. The summed E-state index contributed by atoms with van der Waals surface area (Å²) in [6, 6.07) is 2.42. The number of benzene rings is 1. The van der Waals surface area contributed by atoms with E-state index in [1.807, 2.05) is 0 Å². The molecule has 22 heavy (non-hydrogen) atoms. The first-order valence-electron chi connectivity index (χ1n) is 6.29. The van der Waals surface area contributed by atoms with E-state index in [-0.39, 0.29) is 16.5 Å². The number of nitrogens with zero attached hydrogens (tertiary/aromatic N) is 3. The molecule has 7 nitrogen and oxygen atoms in total. The molecule has 0 spiro atoms. The van der Waals surface area contributed by atoms with E-state index in [4.69, 9.17) is 4.52 Å². The van der Waals surface area contributed by atoms with Gasteiger partial charge < -0.3 is 9.63 Å². The van der Waals surface area contributed by atoms with Gasteiger partial charge in [0, 0.05) is 5.56 Å². The number of halogens is 1. The fraction of sp³-hybridized carbons (Fsp3) is 0.143. The highest BCUT2D eigenvalue weighted by atomic mass is 19.1. The molecule has 0 unspecified atom stereocenters. The second kappa shape index (κ2) is 4.76. The predicted octanol–water partition coefficient (Wildman–Crippen LogP) is 3.26. The molecule has 1 N–H and O–H groups in total. The quantitative estimate of drug-likeness (QED) is 0.575. The number of fused-ring (bicyclic) bond motifs is 1. The number of hydrogen-bond acceptors (Lipinski definition) is 6. The fourth-order valence-electron chi connectivity index (χ4n) is 2.38. The summed E-state index contributed by atoms with van der Waals surface area (Å²) >= 11 is 0. The first-order valence-corrected chi connectivity index (χ1v) is 6.29. The highest BCUT2D eigenvalue weighted by molar-refractivity contribution is 5.92. The van der Waals surface area contributed by atoms with Gasteiger partial charge in [-0.1, -0.05) is 5.16 Å². The van der Waals surface area contributed by atoms with Crippen molar-refractivity contribution in [2.75, 3.05) is 0 Å². The molecule has 0 aliphatic rings. The molecule has 0 bridgehead atoms. The lowest BCUT2D eigenvalue weighted by atomic mass is 10.0. The van der Waals surface area contributed by atoms with Gasteiger partial charge >= 0.3 is 5.69 Å². The molecule has 1 aromatic carbocycles. The van der Waals surface area contributed by atoms with Gasteiger partial charge in [0.25, 0.3) is 0 Å². The second-order valence-corrected chi connectivity index (χ2v) is 4.80. The minimum Gasteiger partial charge on any atom is -0.502 e. The molecule has 2 heterocycles. The standard InChI is InChI=1S/C14H10FN3O4/c1-6-13(7(2)22-17-6)8-4-11-9(3-10(8)15)14(19)12(5-16-11)18(20)21/h3-5H,1-2H3,(H,16,19). The van der Waals surface area contributed by atoms with Crippen molar-refractivity contribution in [1.82, 2.24) is 10.1 Å². The van der Waals surface area contributed by atoms with Crippen LogP contribution < -0.4 is 0 Å². The maximum atomic E-state index is 14.4. The van der Waals surface area contributed by atoms with E-state index in [1.54, 1.807) is 13.8 Å². The van der Waals surface area contributed by atoms with Crippen LogP contribution in [0.3, 0.4) is 0 Å². The number of aromatic nitrogens is 2. The van der Waals surface area contributed by atoms with Gasteiger partial charge in [0.1, 0.15) is 17.8 Å². The number of pyridine rings is 1. The lowest BCUT2D eigenvalue weighted by Crippen LogP contribution is -1.94. The second-order valence-electron chi connectivity index (χ2n) is 4.80. The molecule has 0 saturated carbocycles.